The second-order valence-corrected chi connectivity index (χ2v) is 11.4. The van der Waals surface area contributed by atoms with E-state index in [1.165, 1.54) is 12.1 Å². The molecular weight excluding hydrogens is 579 g/mol. The number of amides is 1. The first-order chi connectivity index (χ1) is 19.9. The van der Waals surface area contributed by atoms with E-state index < -0.39 is 40.1 Å². The van der Waals surface area contributed by atoms with Crippen molar-refractivity contribution < 1.29 is 41.0 Å². The van der Waals surface area contributed by atoms with Gasteiger partial charge in [-0.15, -0.1) is 23.4 Å². The van der Waals surface area contributed by atoms with Crippen LogP contribution in [-0.4, -0.2) is 71.9 Å². The van der Waals surface area contributed by atoms with Crippen molar-refractivity contribution in [1.29, 1.82) is 0 Å². The number of ether oxygens (including phenoxy) is 1. The van der Waals surface area contributed by atoms with Gasteiger partial charge in [0.05, 0.1) is 4.90 Å². The molecule has 1 aromatic heterocycles. The highest BCUT2D eigenvalue weighted by atomic mass is 32.2. The molecule has 1 aliphatic heterocycles. The number of anilines is 1. The Labute approximate surface area is 240 Å². The third-order valence-electron chi connectivity index (χ3n) is 6.52. The molecule has 1 saturated heterocycles. The second-order valence-electron chi connectivity index (χ2n) is 9.46. The van der Waals surface area contributed by atoms with Crippen molar-refractivity contribution in [1.82, 2.24) is 19.8 Å². The van der Waals surface area contributed by atoms with Crippen LogP contribution in [0.1, 0.15) is 35.0 Å². The molecule has 2 heterocycles. The molecule has 2 N–H and O–H groups in total. The van der Waals surface area contributed by atoms with Gasteiger partial charge in [-0.2, -0.15) is 4.31 Å². The number of aromatic nitrogens is 2. The van der Waals surface area contributed by atoms with Gasteiger partial charge in [-0.3, -0.25) is 4.79 Å². The number of aryl methyl sites for hydroxylation is 1. The summed E-state index contributed by atoms with van der Waals surface area (Å²) < 4.78 is 69.7. The van der Waals surface area contributed by atoms with Crippen LogP contribution in [0, 0.1) is 0 Å². The third kappa shape index (κ3) is 7.53. The number of aromatic carboxylic acids is 1. The van der Waals surface area contributed by atoms with Crippen LogP contribution in [0.2, 0.25) is 0 Å². The Kier molecular flexibility index (Phi) is 9.31. The number of carboxylic acids is 1. The van der Waals surface area contributed by atoms with Crippen molar-refractivity contribution in [3.8, 4) is 5.75 Å². The number of alkyl halides is 3. The number of hydrogen-bond acceptors (Lipinski definition) is 8. The highest BCUT2D eigenvalue weighted by molar-refractivity contribution is 7.89. The lowest BCUT2D eigenvalue weighted by Crippen LogP contribution is -2.60. The van der Waals surface area contributed by atoms with E-state index in [0.29, 0.717) is 0 Å². The minimum Gasteiger partial charge on any atom is -0.476 e. The average Bonchev–Trinajstić information content (AvgIpc) is 2.96. The molecule has 0 spiro atoms. The molecule has 0 saturated carbocycles. The number of carboxylic acid groups (broad SMARTS) is 1. The number of hydrogen-bond donors (Lipinski definition) is 2. The zero-order valence-electron chi connectivity index (χ0n) is 22.4. The Morgan fingerprint density at radius 1 is 1.00 bits per heavy atom. The average molecular weight is 608 g/mol. The number of piperazine rings is 1. The van der Waals surface area contributed by atoms with Gasteiger partial charge in [0.2, 0.25) is 15.9 Å². The molecule has 1 unspecified atom stereocenters. The first-order valence-corrected chi connectivity index (χ1v) is 14.4. The SMILES string of the molecule is CCCc1ccc(CNC(=O)C2CN(c3ccc(C(=O)O)nn3)CCN2S(=O)(=O)c2ccc(OC(F)(F)F)cc2)cc1. The van der Waals surface area contributed by atoms with E-state index >= 15 is 0 Å². The summed E-state index contributed by atoms with van der Waals surface area (Å²) in [5, 5.41) is 19.4. The van der Waals surface area contributed by atoms with Crippen molar-refractivity contribution in [2.45, 2.75) is 43.6 Å². The second kappa shape index (κ2) is 12.7. The maximum Gasteiger partial charge on any atom is 0.573 e. The molecule has 0 aliphatic carbocycles. The van der Waals surface area contributed by atoms with Gasteiger partial charge >= 0.3 is 12.3 Å². The summed E-state index contributed by atoms with van der Waals surface area (Å²) in [7, 11) is -4.34. The van der Waals surface area contributed by atoms with Gasteiger partial charge in [-0.05, 0) is 53.9 Å². The lowest BCUT2D eigenvalue weighted by Gasteiger charge is -2.40. The summed E-state index contributed by atoms with van der Waals surface area (Å²) in [5.74, 6) is -2.21. The van der Waals surface area contributed by atoms with Crippen molar-refractivity contribution in [3.63, 3.8) is 0 Å². The molecule has 224 valence electrons. The molecule has 1 atom stereocenters. The van der Waals surface area contributed by atoms with Gasteiger partial charge in [-0.25, -0.2) is 13.2 Å². The van der Waals surface area contributed by atoms with Crippen LogP contribution in [0.15, 0.2) is 65.6 Å². The molecule has 1 amide bonds. The van der Waals surface area contributed by atoms with Gasteiger partial charge in [0.1, 0.15) is 11.8 Å². The maximum atomic E-state index is 13.6. The predicted molar refractivity (Wildman–Crippen MR) is 144 cm³/mol. The van der Waals surface area contributed by atoms with Crippen LogP contribution in [-0.2, 0) is 27.8 Å². The predicted octanol–water partition coefficient (Wildman–Crippen LogP) is 3.22. The monoisotopic (exact) mass is 607 g/mol. The summed E-state index contributed by atoms with van der Waals surface area (Å²) in [6.45, 7) is 1.97. The zero-order valence-corrected chi connectivity index (χ0v) is 23.2. The van der Waals surface area contributed by atoms with E-state index in [2.05, 4.69) is 27.2 Å². The minimum absolute atomic E-state index is 0.0816. The third-order valence-corrected chi connectivity index (χ3v) is 8.44. The number of nitrogens with zero attached hydrogens (tertiary/aromatic N) is 4. The Hall–Kier alpha value is -4.24. The normalized spacial score (nSPS) is 16.2. The summed E-state index contributed by atoms with van der Waals surface area (Å²) >= 11 is 0. The first kappa shape index (κ1) is 30.7. The molecule has 11 nitrogen and oxygen atoms in total. The molecule has 1 aliphatic rings. The lowest BCUT2D eigenvalue weighted by molar-refractivity contribution is -0.274. The Balaban J connectivity index is 1.57. The molecule has 3 aromatic rings. The summed E-state index contributed by atoms with van der Waals surface area (Å²) in [5.41, 5.74) is 1.67. The standard InChI is InChI=1S/C27H28F3N5O6S/c1-2-3-18-4-6-19(7-5-18)16-31-25(36)23-17-34(24-13-12-22(26(37)38)32-33-24)14-15-35(23)42(39,40)21-10-8-20(9-11-21)41-27(28,29)30/h4-13,23H,2-3,14-17H2,1H3,(H,31,36)(H,37,38). The highest BCUT2D eigenvalue weighted by Gasteiger charge is 2.41. The molecular formula is C27H28F3N5O6S. The molecule has 1 fully saturated rings. The van der Waals surface area contributed by atoms with Crippen molar-refractivity contribution in [3.05, 3.63) is 77.5 Å². The van der Waals surface area contributed by atoms with Crippen LogP contribution in [0.25, 0.3) is 0 Å². The number of carbonyl (C=O) groups is 2. The van der Waals surface area contributed by atoms with E-state index in [0.717, 1.165) is 52.5 Å². The van der Waals surface area contributed by atoms with Gasteiger partial charge < -0.3 is 20.1 Å². The van der Waals surface area contributed by atoms with Gasteiger partial charge in [0, 0.05) is 26.2 Å². The summed E-state index contributed by atoms with van der Waals surface area (Å²) in [6.07, 6.45) is -3.04. The van der Waals surface area contributed by atoms with Gasteiger partial charge in [0.25, 0.3) is 0 Å². The Bertz CT molecular complexity index is 1500. The van der Waals surface area contributed by atoms with E-state index in [-0.39, 0.29) is 42.6 Å². The quantitative estimate of drug-likeness (QED) is 0.355. The molecule has 4 rings (SSSR count). The lowest BCUT2D eigenvalue weighted by atomic mass is 10.1. The van der Waals surface area contributed by atoms with Crippen LogP contribution in [0.4, 0.5) is 19.0 Å². The van der Waals surface area contributed by atoms with Crippen LogP contribution < -0.4 is 15.0 Å². The molecule has 0 bridgehead atoms. The summed E-state index contributed by atoms with van der Waals surface area (Å²) in [4.78, 5) is 25.9. The molecule has 2 aromatic carbocycles. The van der Waals surface area contributed by atoms with Gasteiger partial charge in [0.15, 0.2) is 11.5 Å². The van der Waals surface area contributed by atoms with Crippen LogP contribution in [0.3, 0.4) is 0 Å². The fourth-order valence-electron chi connectivity index (χ4n) is 4.45. The van der Waals surface area contributed by atoms with Crippen LogP contribution >= 0.6 is 0 Å². The van der Waals surface area contributed by atoms with Crippen molar-refractivity contribution in [2.24, 2.45) is 0 Å². The number of halogens is 3. The highest BCUT2D eigenvalue weighted by Crippen LogP contribution is 2.28. The fraction of sp³-hybridized carbons (Fsp3) is 0.333. The molecule has 0 radical (unpaired) electrons. The topological polar surface area (TPSA) is 142 Å². The summed E-state index contributed by atoms with van der Waals surface area (Å²) in [6, 6.07) is 12.8. The van der Waals surface area contributed by atoms with E-state index in [1.54, 1.807) is 4.90 Å². The molecule has 42 heavy (non-hydrogen) atoms. The number of benzene rings is 2. The van der Waals surface area contributed by atoms with Crippen LogP contribution in [0.5, 0.6) is 5.75 Å². The fourth-order valence-corrected chi connectivity index (χ4v) is 6.02. The van der Waals surface area contributed by atoms with E-state index in [9.17, 15) is 31.2 Å². The molecule has 15 heteroatoms. The zero-order chi connectivity index (χ0) is 30.5. The first-order valence-electron chi connectivity index (χ1n) is 12.9. The minimum atomic E-state index is -4.94. The number of rotatable bonds is 10. The van der Waals surface area contributed by atoms with Crippen molar-refractivity contribution in [2.75, 3.05) is 24.5 Å². The van der Waals surface area contributed by atoms with Gasteiger partial charge in [-0.1, -0.05) is 37.6 Å². The van der Waals surface area contributed by atoms with Crippen molar-refractivity contribution >= 4 is 27.7 Å². The van der Waals surface area contributed by atoms with E-state index in [1.807, 2.05) is 24.3 Å². The maximum absolute atomic E-state index is 13.6. The Morgan fingerprint density at radius 3 is 2.24 bits per heavy atom. The number of nitrogens with one attached hydrogen (secondary N) is 1. The number of sulfonamides is 1. The number of carbonyl (C=O) groups excluding carboxylic acids is 1. The Morgan fingerprint density at radius 2 is 1.67 bits per heavy atom. The largest absolute Gasteiger partial charge is 0.573 e. The smallest absolute Gasteiger partial charge is 0.476 e. The van der Waals surface area contributed by atoms with E-state index in [4.69, 9.17) is 5.11 Å².